The number of nitrogens with zero attached hydrogens (tertiary/aromatic N) is 2. The van der Waals surface area contributed by atoms with Gasteiger partial charge in [-0.05, 0) is 43.9 Å². The molecule has 0 unspecified atom stereocenters. The second kappa shape index (κ2) is 13.6. The highest BCUT2D eigenvalue weighted by Gasteiger charge is 2.06. The molecule has 156 valence electrons. The van der Waals surface area contributed by atoms with Crippen LogP contribution < -0.4 is 20.1 Å². The van der Waals surface area contributed by atoms with E-state index in [0.29, 0.717) is 13.2 Å². The number of aromatic nitrogens is 1. The lowest BCUT2D eigenvalue weighted by Gasteiger charge is -2.12. The molecule has 2 rings (SSSR count). The average molecular weight is 518 g/mol. The van der Waals surface area contributed by atoms with Gasteiger partial charge in [0, 0.05) is 24.7 Å². The fourth-order valence-electron chi connectivity index (χ4n) is 2.62. The Morgan fingerprint density at radius 3 is 2.68 bits per heavy atom. The van der Waals surface area contributed by atoms with Crippen LogP contribution in [0.4, 0.5) is 0 Å². The van der Waals surface area contributed by atoms with Gasteiger partial charge in [0.15, 0.2) is 17.5 Å². The van der Waals surface area contributed by atoms with Crippen LogP contribution in [0.1, 0.15) is 35.7 Å². The number of thiazole rings is 1. The minimum atomic E-state index is 0. The van der Waals surface area contributed by atoms with Crippen LogP contribution in [-0.2, 0) is 19.4 Å². The molecule has 0 saturated heterocycles. The summed E-state index contributed by atoms with van der Waals surface area (Å²) in [6.45, 7) is 6.28. The van der Waals surface area contributed by atoms with Gasteiger partial charge < -0.3 is 20.1 Å². The van der Waals surface area contributed by atoms with Gasteiger partial charge in [0.25, 0.3) is 0 Å². The zero-order valence-electron chi connectivity index (χ0n) is 17.1. The van der Waals surface area contributed by atoms with E-state index in [9.17, 15) is 0 Å². The number of aryl methyl sites for hydroxylation is 2. The third kappa shape index (κ3) is 7.83. The summed E-state index contributed by atoms with van der Waals surface area (Å²) in [5.74, 6) is 2.38. The highest BCUT2D eigenvalue weighted by Crippen LogP contribution is 2.28. The first-order valence-electron chi connectivity index (χ1n) is 9.37. The van der Waals surface area contributed by atoms with Gasteiger partial charge in [-0.25, -0.2) is 4.98 Å². The Balaban J connectivity index is 0.00000392. The molecule has 8 heteroatoms. The van der Waals surface area contributed by atoms with Gasteiger partial charge >= 0.3 is 0 Å². The minimum absolute atomic E-state index is 0. The molecule has 0 aliphatic carbocycles. The molecule has 2 N–H and O–H groups in total. The van der Waals surface area contributed by atoms with Crippen molar-refractivity contribution in [3.8, 4) is 11.5 Å². The Morgan fingerprint density at radius 2 is 2.04 bits per heavy atom. The van der Waals surface area contributed by atoms with E-state index in [2.05, 4.69) is 39.7 Å². The molecule has 28 heavy (non-hydrogen) atoms. The molecule has 0 radical (unpaired) electrons. The minimum Gasteiger partial charge on any atom is -0.493 e. The molecule has 2 aromatic rings. The van der Waals surface area contributed by atoms with Crippen LogP contribution in [0.2, 0.25) is 0 Å². The van der Waals surface area contributed by atoms with Crippen molar-refractivity contribution < 1.29 is 9.47 Å². The monoisotopic (exact) mass is 518 g/mol. The van der Waals surface area contributed by atoms with Crippen LogP contribution in [0.15, 0.2) is 29.4 Å². The predicted octanol–water partition coefficient (Wildman–Crippen LogP) is 4.03. The molecule has 1 aromatic carbocycles. The van der Waals surface area contributed by atoms with Crippen LogP contribution in [0, 0.1) is 0 Å². The highest BCUT2D eigenvalue weighted by atomic mass is 127. The van der Waals surface area contributed by atoms with E-state index in [4.69, 9.17) is 9.47 Å². The molecule has 0 spiro atoms. The lowest BCUT2D eigenvalue weighted by atomic mass is 10.1. The summed E-state index contributed by atoms with van der Waals surface area (Å²) >= 11 is 1.74. The van der Waals surface area contributed by atoms with E-state index in [-0.39, 0.29) is 24.0 Å². The smallest absolute Gasteiger partial charge is 0.191 e. The molecular weight excluding hydrogens is 487 g/mol. The van der Waals surface area contributed by atoms with Gasteiger partial charge in [-0.1, -0.05) is 13.0 Å². The van der Waals surface area contributed by atoms with Crippen molar-refractivity contribution in [3.05, 3.63) is 39.8 Å². The van der Waals surface area contributed by atoms with E-state index in [1.165, 1.54) is 10.4 Å². The summed E-state index contributed by atoms with van der Waals surface area (Å²) in [5.41, 5.74) is 1.24. The number of halogens is 1. The maximum absolute atomic E-state index is 5.64. The first kappa shape index (κ1) is 24.5. The summed E-state index contributed by atoms with van der Waals surface area (Å²) in [5, 5.41) is 7.75. The number of aliphatic imine (C=N–C) groups is 1. The first-order valence-corrected chi connectivity index (χ1v) is 10.2. The van der Waals surface area contributed by atoms with Crippen LogP contribution in [-0.4, -0.2) is 38.3 Å². The van der Waals surface area contributed by atoms with Gasteiger partial charge in [0.1, 0.15) is 5.01 Å². The number of methoxy groups -OCH3 is 1. The molecule has 0 aliphatic rings. The Kier molecular flexibility index (Phi) is 11.9. The number of rotatable bonds is 10. The number of hydrogen-bond acceptors (Lipinski definition) is 5. The van der Waals surface area contributed by atoms with E-state index < -0.39 is 0 Å². The van der Waals surface area contributed by atoms with E-state index >= 15 is 0 Å². The van der Waals surface area contributed by atoms with Crippen LogP contribution in [0.3, 0.4) is 0 Å². The van der Waals surface area contributed by atoms with Crippen molar-refractivity contribution >= 4 is 41.3 Å². The van der Waals surface area contributed by atoms with Crippen molar-refractivity contribution in [1.29, 1.82) is 0 Å². The van der Waals surface area contributed by atoms with Crippen LogP contribution in [0.5, 0.6) is 11.5 Å². The van der Waals surface area contributed by atoms with Gasteiger partial charge in [0.05, 0.1) is 20.3 Å². The third-order valence-electron chi connectivity index (χ3n) is 4.04. The van der Waals surface area contributed by atoms with Crippen molar-refractivity contribution in [2.45, 2.75) is 39.7 Å². The molecule has 0 saturated carbocycles. The van der Waals surface area contributed by atoms with Gasteiger partial charge in [-0.15, -0.1) is 35.3 Å². The number of hydrogen-bond donors (Lipinski definition) is 2. The number of guanidine groups is 1. The first-order chi connectivity index (χ1) is 13.2. The van der Waals surface area contributed by atoms with Gasteiger partial charge in [-0.3, -0.25) is 4.99 Å². The van der Waals surface area contributed by atoms with Crippen LogP contribution in [0.25, 0.3) is 0 Å². The zero-order valence-corrected chi connectivity index (χ0v) is 20.2. The van der Waals surface area contributed by atoms with Crippen LogP contribution >= 0.6 is 35.3 Å². The third-order valence-corrected chi connectivity index (χ3v) is 5.18. The highest BCUT2D eigenvalue weighted by molar-refractivity contribution is 14.0. The molecule has 0 fully saturated rings. The normalized spacial score (nSPS) is 10.9. The quantitative estimate of drug-likeness (QED) is 0.215. The number of ether oxygens (including phenoxy) is 2. The summed E-state index contributed by atoms with van der Waals surface area (Å²) in [7, 11) is 3.45. The summed E-state index contributed by atoms with van der Waals surface area (Å²) < 4.78 is 11.0. The molecule has 1 heterocycles. The summed E-state index contributed by atoms with van der Waals surface area (Å²) in [6.07, 6.45) is 4.93. The molecule has 6 nitrogen and oxygen atoms in total. The molecule has 0 bridgehead atoms. The topological polar surface area (TPSA) is 67.8 Å². The van der Waals surface area contributed by atoms with E-state index in [0.717, 1.165) is 48.3 Å². The van der Waals surface area contributed by atoms with Crippen molar-refractivity contribution in [2.24, 2.45) is 4.99 Å². The maximum Gasteiger partial charge on any atom is 0.191 e. The van der Waals surface area contributed by atoms with E-state index in [1.54, 1.807) is 25.5 Å². The standard InChI is InChI=1S/C20H30N4O2S.HI/c1-5-16-13-23-19(27-16)14-24-20(21-3)22-11-7-8-15-9-10-17(25-4)18(12-15)26-6-2;/h9-10,12-13H,5-8,11,14H2,1-4H3,(H2,21,22,24);1H. The molecular formula is C20H31IN4O2S. The SMILES string of the molecule is CCOc1cc(CCCNC(=NC)NCc2ncc(CC)s2)ccc1OC.I. The Hall–Kier alpha value is -1.55. The van der Waals surface area contributed by atoms with Crippen molar-refractivity contribution in [1.82, 2.24) is 15.6 Å². The van der Waals surface area contributed by atoms with Gasteiger partial charge in [-0.2, -0.15) is 0 Å². The maximum atomic E-state index is 5.64. The number of benzene rings is 1. The van der Waals surface area contributed by atoms with Gasteiger partial charge in [0.2, 0.25) is 0 Å². The second-order valence-electron chi connectivity index (χ2n) is 5.95. The molecule has 1 aromatic heterocycles. The summed E-state index contributed by atoms with van der Waals surface area (Å²) in [4.78, 5) is 9.99. The Bertz CT molecular complexity index is 737. The largest absolute Gasteiger partial charge is 0.493 e. The molecule has 0 amide bonds. The lowest BCUT2D eigenvalue weighted by Crippen LogP contribution is -2.37. The second-order valence-corrected chi connectivity index (χ2v) is 7.15. The zero-order chi connectivity index (χ0) is 19.5. The molecule has 0 atom stereocenters. The molecule has 0 aliphatic heterocycles. The van der Waals surface area contributed by atoms with E-state index in [1.807, 2.05) is 19.2 Å². The fraction of sp³-hybridized carbons (Fsp3) is 0.500. The fourth-order valence-corrected chi connectivity index (χ4v) is 3.42. The lowest BCUT2D eigenvalue weighted by molar-refractivity contribution is 0.310. The van der Waals surface area contributed by atoms with Crippen molar-refractivity contribution in [3.63, 3.8) is 0 Å². The predicted molar refractivity (Wildman–Crippen MR) is 128 cm³/mol. The Labute approximate surface area is 189 Å². The Morgan fingerprint density at radius 1 is 1.21 bits per heavy atom. The summed E-state index contributed by atoms with van der Waals surface area (Å²) in [6, 6.07) is 6.11. The number of nitrogens with one attached hydrogen (secondary N) is 2. The average Bonchev–Trinajstić information content (AvgIpc) is 3.16. The van der Waals surface area contributed by atoms with Crippen molar-refractivity contribution in [2.75, 3.05) is 27.3 Å².